The molecule has 2 aromatic heterocycles. The number of ether oxygens (including phenoxy) is 4. The number of hydrogen-bond acceptors (Lipinski definition) is 12. The van der Waals surface area contributed by atoms with Gasteiger partial charge < -0.3 is 36.7 Å². The van der Waals surface area contributed by atoms with Crippen molar-refractivity contribution in [2.75, 3.05) is 13.2 Å². The predicted molar refractivity (Wildman–Crippen MR) is 331 cm³/mol. The average molecular weight is 1200 g/mol. The van der Waals surface area contributed by atoms with Gasteiger partial charge in [0.05, 0.1) is 13.2 Å². The highest BCUT2D eigenvalue weighted by molar-refractivity contribution is 7.71. The van der Waals surface area contributed by atoms with Crippen molar-refractivity contribution in [1.29, 1.82) is 0 Å². The third-order valence-electron chi connectivity index (χ3n) is 17.8. The van der Waals surface area contributed by atoms with Crippen molar-refractivity contribution in [2.24, 2.45) is 0 Å². The Morgan fingerprint density at radius 3 is 1.16 bits per heavy atom. The van der Waals surface area contributed by atoms with E-state index in [1.54, 1.807) is 23.9 Å². The molecule has 0 spiro atoms. The maximum atomic E-state index is 16.4. The highest BCUT2D eigenvalue weighted by atomic mass is 32.1. The van der Waals surface area contributed by atoms with Crippen LogP contribution < -0.4 is 15.2 Å². The number of rotatable bonds is 16. The number of nitrogens with zero attached hydrogens (tertiary/aromatic N) is 4. The second kappa shape index (κ2) is 24.7. The zero-order chi connectivity index (χ0) is 60.8. The Bertz CT molecular complexity index is 2690. The summed E-state index contributed by atoms with van der Waals surface area (Å²) in [7, 11) is -8.92. The van der Waals surface area contributed by atoms with Crippen LogP contribution in [0.1, 0.15) is 129 Å². The van der Waals surface area contributed by atoms with Crippen molar-refractivity contribution in [1.82, 2.24) is 19.1 Å². The van der Waals surface area contributed by atoms with E-state index < -0.39 is 88.2 Å². The summed E-state index contributed by atoms with van der Waals surface area (Å²) in [6.07, 6.45) is -4.72. The molecule has 20 heteroatoms. The van der Waals surface area contributed by atoms with E-state index in [1.165, 1.54) is 4.57 Å². The molecule has 13 nitrogen and oxygen atoms in total. The molecule has 0 aliphatic carbocycles. The van der Waals surface area contributed by atoms with Crippen LogP contribution in [-0.2, 0) is 27.2 Å². The van der Waals surface area contributed by atoms with E-state index in [-0.39, 0.29) is 44.0 Å². The monoisotopic (exact) mass is 1200 g/mol. The molecule has 4 aromatic rings. The van der Waals surface area contributed by atoms with Crippen LogP contribution in [0.25, 0.3) is 0 Å². The van der Waals surface area contributed by atoms with Crippen molar-refractivity contribution in [3.63, 3.8) is 0 Å². The fraction of sp³-hybridized carbons (Fsp3) is 0.667. The lowest BCUT2D eigenvalue weighted by Crippen LogP contribution is -2.50. The highest BCUT2D eigenvalue weighted by Gasteiger charge is 2.54. The fourth-order valence-corrected chi connectivity index (χ4v) is 13.1. The minimum atomic E-state index is -2.37. The minimum Gasteiger partial charge on any atom is -0.438 e. The van der Waals surface area contributed by atoms with Gasteiger partial charge in [-0.25, -0.2) is 13.6 Å². The van der Waals surface area contributed by atoms with E-state index in [2.05, 4.69) is 145 Å². The Balaban J connectivity index is 0.000000294. The molecule has 0 amide bonds. The molecule has 2 aliphatic heterocycles. The first-order valence-corrected chi connectivity index (χ1v) is 40.3. The van der Waals surface area contributed by atoms with Gasteiger partial charge in [-0.05, 0) is 149 Å². The van der Waals surface area contributed by atoms with Gasteiger partial charge in [0, 0.05) is 23.5 Å². The molecular weight excluding hydrogens is 1100 g/mol. The number of benzene rings is 2. The fourth-order valence-electron chi connectivity index (χ4n) is 8.22. The minimum absolute atomic E-state index is 0.0147. The van der Waals surface area contributed by atoms with Crippen LogP contribution in [-0.4, -0.2) is 102 Å². The number of para-hydroxylation sites is 2. The van der Waals surface area contributed by atoms with Crippen LogP contribution in [0.15, 0.2) is 53.6 Å². The van der Waals surface area contributed by atoms with Crippen molar-refractivity contribution in [3.8, 4) is 23.3 Å². The predicted octanol–water partition coefficient (Wildman–Crippen LogP) is 16.6. The Labute approximate surface area is 487 Å². The molecule has 2 unspecified atom stereocenters. The summed E-state index contributed by atoms with van der Waals surface area (Å²) in [5.74, 6) is 2.00. The number of hydrogen-bond donors (Lipinski definition) is 0. The van der Waals surface area contributed by atoms with E-state index in [9.17, 15) is 4.79 Å². The van der Waals surface area contributed by atoms with Crippen molar-refractivity contribution in [2.45, 2.75) is 246 Å². The van der Waals surface area contributed by atoms with Crippen molar-refractivity contribution in [3.05, 3.63) is 97.4 Å². The summed E-state index contributed by atoms with van der Waals surface area (Å²) >= 11 is 5.66. The quantitative estimate of drug-likeness (QED) is 0.0783. The summed E-state index contributed by atoms with van der Waals surface area (Å²) in [5.41, 5.74) is 4.56. The molecule has 0 N–H and O–H groups in total. The van der Waals surface area contributed by atoms with Crippen LogP contribution in [0, 0.1) is 46.3 Å². The molecule has 0 bridgehead atoms. The highest BCUT2D eigenvalue weighted by Crippen LogP contribution is 2.46. The third kappa shape index (κ3) is 15.3. The third-order valence-corrected chi connectivity index (χ3v) is 36.0. The lowest BCUT2D eigenvalue weighted by Gasteiger charge is -2.40. The van der Waals surface area contributed by atoms with Crippen molar-refractivity contribution >= 4 is 45.5 Å². The molecule has 80 heavy (non-hydrogen) atoms. The van der Waals surface area contributed by atoms with E-state index in [0.29, 0.717) is 17.2 Å². The van der Waals surface area contributed by atoms with Crippen LogP contribution in [0.2, 0.25) is 72.5 Å². The number of alkyl halides is 2. The van der Waals surface area contributed by atoms with Crippen molar-refractivity contribution < 1.29 is 45.4 Å². The lowest BCUT2D eigenvalue weighted by molar-refractivity contribution is -0.0456. The molecule has 2 aromatic carbocycles. The van der Waals surface area contributed by atoms with Gasteiger partial charge in [-0.1, -0.05) is 119 Å². The number of aryl methyl sites for hydroxylation is 6. The molecule has 0 saturated carbocycles. The van der Waals surface area contributed by atoms with Gasteiger partial charge in [0.1, 0.15) is 35.9 Å². The molecule has 4 heterocycles. The normalized spacial score (nSPS) is 22.6. The van der Waals surface area contributed by atoms with Gasteiger partial charge >= 0.3 is 5.69 Å². The molecule has 2 fully saturated rings. The van der Waals surface area contributed by atoms with Gasteiger partial charge in [-0.15, -0.1) is 0 Å². The average Bonchev–Trinajstić information content (AvgIpc) is 3.78. The molecule has 0 radical (unpaired) electrons. The number of aromatic nitrogens is 4. The second-order valence-electron chi connectivity index (χ2n) is 28.3. The summed E-state index contributed by atoms with van der Waals surface area (Å²) in [4.78, 5) is 22.0. The van der Waals surface area contributed by atoms with E-state index in [1.807, 2.05) is 71.0 Å². The van der Waals surface area contributed by atoms with E-state index in [4.69, 9.17) is 48.9 Å². The Morgan fingerprint density at radius 2 is 0.825 bits per heavy atom. The Morgan fingerprint density at radius 1 is 0.512 bits per heavy atom. The SMILES string of the molecule is Cc1cn([C@H]2O[C@@H](CO[Si](C)(C)C(C)(C)C)C(O[Si](C)(C)C(C)(C)C)[C@H]2F)c(=O)nc1Oc1c(C)cccc1C.Cc1cn([C@H]2O[C@@H](CO[Si](C)(C)C(C)(C)C)C(O[Si](C)(C)C(C)(C)C)[C@H]2F)c(=S)nc1Oc1c(C)cccc1C. The van der Waals surface area contributed by atoms with Crippen LogP contribution in [0.4, 0.5) is 8.78 Å². The molecule has 448 valence electrons. The lowest BCUT2D eigenvalue weighted by atomic mass is 10.1. The molecule has 6 rings (SSSR count). The summed E-state index contributed by atoms with van der Waals surface area (Å²) in [6, 6.07) is 11.8. The maximum Gasteiger partial charge on any atom is 0.353 e. The largest absolute Gasteiger partial charge is 0.438 e. The number of halogens is 2. The van der Waals surface area contributed by atoms with Crippen LogP contribution >= 0.6 is 12.2 Å². The summed E-state index contributed by atoms with van der Waals surface area (Å²) in [5, 5.41) is -0.210. The first kappa shape index (κ1) is 67.5. The zero-order valence-corrected chi connectivity index (χ0v) is 58.1. The zero-order valence-electron chi connectivity index (χ0n) is 53.3. The first-order valence-electron chi connectivity index (χ1n) is 28.2. The standard InChI is InChI=1S/C30H49FN2O5Si2.C30H49FN2O4SSi2/c1-19-15-14-16-20(2)24(19)37-26-21(3)17-33(28(34)32-26)27-23(31)25(38-40(12,13)30(7,8)9)22(36-27)18-35-39(10,11)29(4,5)6;1-19-15-14-16-20(2)24(19)36-26-21(3)17-33(28(38)32-26)27-23(31)25(37-40(12,13)30(7,8)9)22(35-27)18-34-39(10,11)29(4,5)6/h2*14-17,22-23,25,27H,18H2,1-13H3/t2*22-,23+,25?,27-/m00/s1. The molecular formula is C60H98F2N4O9SSi4. The Kier molecular flexibility index (Phi) is 20.9. The van der Waals surface area contributed by atoms with Gasteiger partial charge in [-0.2, -0.15) is 9.97 Å². The molecule has 8 atom stereocenters. The summed E-state index contributed by atoms with van der Waals surface area (Å²) in [6.45, 7) is 55.0. The molecule has 2 aliphatic rings. The smallest absolute Gasteiger partial charge is 0.353 e. The van der Waals surface area contributed by atoms with Gasteiger partial charge in [-0.3, -0.25) is 9.13 Å². The van der Waals surface area contributed by atoms with Gasteiger partial charge in [0.15, 0.2) is 58.1 Å². The maximum absolute atomic E-state index is 16.4. The van der Waals surface area contributed by atoms with Crippen LogP contribution in [0.3, 0.4) is 0 Å². The summed E-state index contributed by atoms with van der Waals surface area (Å²) < 4.78 is 87.0. The first-order chi connectivity index (χ1) is 36.3. The van der Waals surface area contributed by atoms with Gasteiger partial charge in [0.25, 0.3) is 0 Å². The van der Waals surface area contributed by atoms with Crippen LogP contribution in [0.5, 0.6) is 23.3 Å². The van der Waals surface area contributed by atoms with E-state index in [0.717, 1.165) is 33.6 Å². The Hall–Kier alpha value is -3.29. The van der Waals surface area contributed by atoms with E-state index >= 15 is 8.78 Å². The topological polar surface area (TPSA) is 127 Å². The van der Waals surface area contributed by atoms with Gasteiger partial charge in [0.2, 0.25) is 16.5 Å². The second-order valence-corrected chi connectivity index (χ2v) is 47.8. The molecule has 2 saturated heterocycles.